The van der Waals surface area contributed by atoms with Gasteiger partial charge in [0, 0.05) is 5.56 Å². The second-order valence-corrected chi connectivity index (χ2v) is 5.72. The molecule has 1 aliphatic rings. The van der Waals surface area contributed by atoms with Crippen LogP contribution in [0.3, 0.4) is 0 Å². The van der Waals surface area contributed by atoms with Crippen molar-refractivity contribution in [1.29, 1.82) is 0 Å². The third-order valence-electron chi connectivity index (χ3n) is 3.91. The lowest BCUT2D eigenvalue weighted by atomic mass is 10.1. The second kappa shape index (κ2) is 5.56. The Morgan fingerprint density at radius 3 is 2.54 bits per heavy atom. The van der Waals surface area contributed by atoms with Crippen molar-refractivity contribution in [3.8, 4) is 28.6 Å². The quantitative estimate of drug-likeness (QED) is 0.735. The van der Waals surface area contributed by atoms with E-state index in [9.17, 15) is 0 Å². The summed E-state index contributed by atoms with van der Waals surface area (Å²) in [5.41, 5.74) is 0.0121. The van der Waals surface area contributed by atoms with Crippen LogP contribution in [-0.4, -0.2) is 23.9 Å². The summed E-state index contributed by atoms with van der Waals surface area (Å²) in [5.74, 6) is 3.02. The van der Waals surface area contributed by atoms with Gasteiger partial charge in [-0.15, -0.1) is 0 Å². The van der Waals surface area contributed by atoms with Gasteiger partial charge < -0.3 is 18.7 Å². The smallest absolute Gasteiger partial charge is 0.274 e. The van der Waals surface area contributed by atoms with Crippen molar-refractivity contribution in [3.05, 3.63) is 54.4 Å². The highest BCUT2D eigenvalue weighted by molar-refractivity contribution is 5.55. The SMILES string of the molecule is COc1ccc(-c2noc(C3(C)COc4ccccc4O3)n2)cc1. The summed E-state index contributed by atoms with van der Waals surface area (Å²) in [7, 11) is 1.63. The van der Waals surface area contributed by atoms with Crippen LogP contribution in [0.5, 0.6) is 17.2 Å². The first-order chi connectivity index (χ1) is 11.7. The Morgan fingerprint density at radius 2 is 1.79 bits per heavy atom. The van der Waals surface area contributed by atoms with E-state index in [-0.39, 0.29) is 0 Å². The van der Waals surface area contributed by atoms with Gasteiger partial charge in [0.25, 0.3) is 5.89 Å². The summed E-state index contributed by atoms with van der Waals surface area (Å²) in [5, 5.41) is 4.06. The van der Waals surface area contributed by atoms with Crippen LogP contribution in [0.25, 0.3) is 11.4 Å². The van der Waals surface area contributed by atoms with Crippen molar-refractivity contribution < 1.29 is 18.7 Å². The molecule has 0 saturated carbocycles. The van der Waals surface area contributed by atoms with E-state index in [0.717, 1.165) is 11.3 Å². The first-order valence-electron chi connectivity index (χ1n) is 7.57. The van der Waals surface area contributed by atoms with E-state index >= 15 is 0 Å². The van der Waals surface area contributed by atoms with Crippen LogP contribution < -0.4 is 14.2 Å². The van der Waals surface area contributed by atoms with Gasteiger partial charge in [0.05, 0.1) is 7.11 Å². The van der Waals surface area contributed by atoms with E-state index in [1.165, 1.54) is 0 Å². The van der Waals surface area contributed by atoms with Gasteiger partial charge in [-0.2, -0.15) is 4.98 Å². The van der Waals surface area contributed by atoms with Gasteiger partial charge >= 0.3 is 0 Å². The number of aromatic nitrogens is 2. The number of nitrogens with zero attached hydrogens (tertiary/aromatic N) is 2. The highest BCUT2D eigenvalue weighted by Gasteiger charge is 2.40. The maximum absolute atomic E-state index is 6.05. The van der Waals surface area contributed by atoms with Crippen molar-refractivity contribution in [2.75, 3.05) is 13.7 Å². The zero-order valence-electron chi connectivity index (χ0n) is 13.4. The van der Waals surface area contributed by atoms with Gasteiger partial charge in [0.15, 0.2) is 11.5 Å². The number of hydrogen-bond acceptors (Lipinski definition) is 6. The predicted octanol–water partition coefficient (Wildman–Crippen LogP) is 3.43. The lowest BCUT2D eigenvalue weighted by Crippen LogP contribution is -2.39. The average Bonchev–Trinajstić information content (AvgIpc) is 3.13. The molecule has 0 N–H and O–H groups in total. The van der Waals surface area contributed by atoms with Crippen LogP contribution in [0.2, 0.25) is 0 Å². The second-order valence-electron chi connectivity index (χ2n) is 5.72. The standard InChI is InChI=1S/C18H16N2O4/c1-18(11-22-14-5-3-4-6-15(14)23-18)17-19-16(20-24-17)12-7-9-13(21-2)10-8-12/h3-10H,11H2,1-2H3. The number of fused-ring (bicyclic) bond motifs is 1. The summed E-state index contributed by atoms with van der Waals surface area (Å²) in [6.07, 6.45) is 0. The third-order valence-corrected chi connectivity index (χ3v) is 3.91. The number of rotatable bonds is 3. The molecule has 122 valence electrons. The first-order valence-corrected chi connectivity index (χ1v) is 7.57. The molecular formula is C18H16N2O4. The Kier molecular flexibility index (Phi) is 3.37. The van der Waals surface area contributed by atoms with Crippen LogP contribution >= 0.6 is 0 Å². The number of methoxy groups -OCH3 is 1. The van der Waals surface area contributed by atoms with Gasteiger partial charge in [-0.1, -0.05) is 17.3 Å². The van der Waals surface area contributed by atoms with Gasteiger partial charge in [-0.3, -0.25) is 0 Å². The number of ether oxygens (including phenoxy) is 3. The molecule has 0 spiro atoms. The molecule has 4 rings (SSSR count). The summed E-state index contributed by atoms with van der Waals surface area (Å²) >= 11 is 0. The predicted molar refractivity (Wildman–Crippen MR) is 86.2 cm³/mol. The molecule has 2 heterocycles. The highest BCUT2D eigenvalue weighted by Crippen LogP contribution is 2.39. The Balaban J connectivity index is 1.62. The monoisotopic (exact) mass is 324 g/mol. The summed E-state index contributed by atoms with van der Waals surface area (Å²) in [6, 6.07) is 15.0. The van der Waals surface area contributed by atoms with Crippen molar-refractivity contribution in [2.24, 2.45) is 0 Å². The molecule has 0 aliphatic carbocycles. The molecule has 0 bridgehead atoms. The molecule has 1 unspecified atom stereocenters. The Labute approximate surface area is 139 Å². The maximum Gasteiger partial charge on any atom is 0.274 e. The van der Waals surface area contributed by atoms with E-state index in [4.69, 9.17) is 18.7 Å². The zero-order valence-corrected chi connectivity index (χ0v) is 13.4. The van der Waals surface area contributed by atoms with E-state index in [1.54, 1.807) is 7.11 Å². The molecule has 6 heteroatoms. The summed E-state index contributed by atoms with van der Waals surface area (Å²) in [4.78, 5) is 4.48. The Bertz CT molecular complexity index is 859. The van der Waals surface area contributed by atoms with Crippen molar-refractivity contribution in [1.82, 2.24) is 10.1 Å². The van der Waals surface area contributed by atoms with Crippen LogP contribution in [0, 0.1) is 0 Å². The van der Waals surface area contributed by atoms with Crippen molar-refractivity contribution in [3.63, 3.8) is 0 Å². The van der Waals surface area contributed by atoms with Crippen LogP contribution in [0.1, 0.15) is 12.8 Å². The molecule has 6 nitrogen and oxygen atoms in total. The molecule has 2 aromatic carbocycles. The fraction of sp³-hybridized carbons (Fsp3) is 0.222. The molecule has 1 atom stereocenters. The third kappa shape index (κ3) is 2.46. The van der Waals surface area contributed by atoms with Crippen molar-refractivity contribution in [2.45, 2.75) is 12.5 Å². The molecule has 24 heavy (non-hydrogen) atoms. The van der Waals surface area contributed by atoms with Gasteiger partial charge in [0.2, 0.25) is 11.4 Å². The largest absolute Gasteiger partial charge is 0.497 e. The molecule has 3 aromatic rings. The molecule has 0 radical (unpaired) electrons. The van der Waals surface area contributed by atoms with E-state index < -0.39 is 5.60 Å². The van der Waals surface area contributed by atoms with Crippen LogP contribution in [-0.2, 0) is 5.60 Å². The molecule has 0 amide bonds. The molecule has 1 aromatic heterocycles. The molecule has 0 fully saturated rings. The fourth-order valence-corrected chi connectivity index (χ4v) is 2.54. The lowest BCUT2D eigenvalue weighted by molar-refractivity contribution is -0.0213. The highest BCUT2D eigenvalue weighted by atomic mass is 16.6. The van der Waals surface area contributed by atoms with E-state index in [0.29, 0.717) is 29.8 Å². The summed E-state index contributed by atoms with van der Waals surface area (Å²) in [6.45, 7) is 2.17. The molecule has 0 saturated heterocycles. The van der Waals surface area contributed by atoms with Crippen LogP contribution in [0.15, 0.2) is 53.1 Å². The van der Waals surface area contributed by atoms with Crippen LogP contribution in [0.4, 0.5) is 0 Å². The van der Waals surface area contributed by atoms with Gasteiger partial charge in [0.1, 0.15) is 12.4 Å². The molecule has 1 aliphatic heterocycles. The average molecular weight is 324 g/mol. The van der Waals surface area contributed by atoms with Gasteiger partial charge in [-0.05, 0) is 43.3 Å². The number of hydrogen-bond donors (Lipinski definition) is 0. The Morgan fingerprint density at radius 1 is 1.04 bits per heavy atom. The topological polar surface area (TPSA) is 66.6 Å². The van der Waals surface area contributed by atoms with E-state index in [2.05, 4.69) is 10.1 Å². The maximum atomic E-state index is 6.05. The minimum atomic E-state index is -0.827. The fourth-order valence-electron chi connectivity index (χ4n) is 2.54. The van der Waals surface area contributed by atoms with Crippen molar-refractivity contribution >= 4 is 0 Å². The first kappa shape index (κ1) is 14.6. The number of para-hydroxylation sites is 2. The van der Waals surface area contributed by atoms with E-state index in [1.807, 2.05) is 55.5 Å². The zero-order chi connectivity index (χ0) is 16.6. The summed E-state index contributed by atoms with van der Waals surface area (Å²) < 4.78 is 22.4. The minimum absolute atomic E-state index is 0.300. The number of benzene rings is 2. The minimum Gasteiger partial charge on any atom is -0.497 e. The molecular weight excluding hydrogens is 308 g/mol. The normalized spacial score (nSPS) is 19.1. The van der Waals surface area contributed by atoms with Gasteiger partial charge in [-0.25, -0.2) is 0 Å². The lowest BCUT2D eigenvalue weighted by Gasteiger charge is -2.32. The Hall–Kier alpha value is -3.02.